The number of H-pyrrole nitrogens is 1. The van der Waals surface area contributed by atoms with Crippen molar-refractivity contribution in [3.63, 3.8) is 0 Å². The maximum absolute atomic E-state index is 12.3. The Morgan fingerprint density at radius 1 is 1.26 bits per heavy atom. The largest absolute Gasteiger partial charge is 0.452 e. The summed E-state index contributed by atoms with van der Waals surface area (Å²) in [5, 5.41) is 4.06. The molecular formula is C19H19N3O5. The molecule has 0 fully saturated rings. The van der Waals surface area contributed by atoms with Crippen LogP contribution in [0, 0.1) is 13.8 Å². The van der Waals surface area contributed by atoms with Crippen LogP contribution in [0.2, 0.25) is 0 Å². The van der Waals surface area contributed by atoms with Gasteiger partial charge in [0.25, 0.3) is 0 Å². The molecule has 27 heavy (non-hydrogen) atoms. The fraction of sp³-hybridized carbons (Fsp3) is 0.263. The molecule has 3 aromatic rings. The molecule has 0 radical (unpaired) electrons. The van der Waals surface area contributed by atoms with Crippen molar-refractivity contribution in [3.8, 4) is 0 Å². The van der Waals surface area contributed by atoms with Gasteiger partial charge in [0.15, 0.2) is 12.4 Å². The average Bonchev–Trinajstić information content (AvgIpc) is 3.34. The maximum atomic E-state index is 12.3. The molecule has 3 rings (SSSR count). The Bertz CT molecular complexity index is 995. The first-order valence-electron chi connectivity index (χ1n) is 8.33. The summed E-state index contributed by atoms with van der Waals surface area (Å²) in [6, 6.07) is 4.92. The number of Topliss-reactive ketones (excluding diaryl/α,β-unsaturated/α-hetero) is 2. The molecule has 0 spiro atoms. The number of ketones is 2. The van der Waals surface area contributed by atoms with E-state index in [-0.39, 0.29) is 17.2 Å². The van der Waals surface area contributed by atoms with Gasteiger partial charge >= 0.3 is 5.97 Å². The van der Waals surface area contributed by atoms with Crippen LogP contribution in [-0.2, 0) is 11.3 Å². The predicted octanol–water partition coefficient (Wildman–Crippen LogP) is 2.71. The van der Waals surface area contributed by atoms with Gasteiger partial charge in [-0.2, -0.15) is 5.10 Å². The molecule has 0 aliphatic rings. The fourth-order valence-electron chi connectivity index (χ4n) is 2.96. The summed E-state index contributed by atoms with van der Waals surface area (Å²) in [5.74, 6) is -0.729. The monoisotopic (exact) mass is 369 g/mol. The maximum Gasteiger partial charge on any atom is 0.374 e. The number of esters is 1. The predicted molar refractivity (Wildman–Crippen MR) is 94.9 cm³/mol. The van der Waals surface area contributed by atoms with Crippen LogP contribution in [-0.4, -0.2) is 38.9 Å². The highest BCUT2D eigenvalue weighted by Gasteiger charge is 2.21. The minimum atomic E-state index is -0.734. The third kappa shape index (κ3) is 3.89. The molecule has 3 heterocycles. The first kappa shape index (κ1) is 18.4. The third-order valence-electron chi connectivity index (χ3n) is 4.14. The summed E-state index contributed by atoms with van der Waals surface area (Å²) >= 11 is 0. The Morgan fingerprint density at radius 2 is 2.04 bits per heavy atom. The van der Waals surface area contributed by atoms with E-state index >= 15 is 0 Å². The van der Waals surface area contributed by atoms with Crippen LogP contribution in [0.15, 0.2) is 35.0 Å². The van der Waals surface area contributed by atoms with E-state index in [1.54, 1.807) is 43.1 Å². The van der Waals surface area contributed by atoms with Crippen molar-refractivity contribution < 1.29 is 23.5 Å². The fourth-order valence-corrected chi connectivity index (χ4v) is 2.96. The van der Waals surface area contributed by atoms with E-state index in [9.17, 15) is 14.4 Å². The topological polar surface area (TPSA) is 107 Å². The zero-order valence-corrected chi connectivity index (χ0v) is 15.2. The van der Waals surface area contributed by atoms with Gasteiger partial charge in [-0.15, -0.1) is 0 Å². The van der Waals surface area contributed by atoms with Gasteiger partial charge in [0.05, 0.1) is 12.2 Å². The second-order valence-corrected chi connectivity index (χ2v) is 6.15. The summed E-state index contributed by atoms with van der Waals surface area (Å²) in [4.78, 5) is 39.0. The van der Waals surface area contributed by atoms with Gasteiger partial charge < -0.3 is 14.1 Å². The Kier molecular flexibility index (Phi) is 5.07. The van der Waals surface area contributed by atoms with E-state index in [1.165, 1.54) is 13.0 Å². The quantitative estimate of drug-likeness (QED) is 0.507. The van der Waals surface area contributed by atoms with Crippen molar-refractivity contribution >= 4 is 17.5 Å². The van der Waals surface area contributed by atoms with E-state index in [2.05, 4.69) is 10.1 Å². The highest BCUT2D eigenvalue weighted by molar-refractivity contribution is 6.04. The second-order valence-electron chi connectivity index (χ2n) is 6.15. The lowest BCUT2D eigenvalue weighted by Crippen LogP contribution is -2.15. The molecule has 0 bridgehead atoms. The number of aromatic amines is 1. The Balaban J connectivity index is 1.62. The van der Waals surface area contributed by atoms with Gasteiger partial charge in [-0.05, 0) is 44.5 Å². The molecule has 8 heteroatoms. The molecule has 8 nitrogen and oxygen atoms in total. The smallest absolute Gasteiger partial charge is 0.374 e. The zero-order valence-electron chi connectivity index (χ0n) is 15.2. The molecule has 0 unspecified atom stereocenters. The molecule has 0 saturated heterocycles. The third-order valence-corrected chi connectivity index (χ3v) is 4.14. The molecule has 0 aliphatic carbocycles. The van der Waals surface area contributed by atoms with Gasteiger partial charge in [0, 0.05) is 23.7 Å². The molecule has 0 atom stereocenters. The van der Waals surface area contributed by atoms with Gasteiger partial charge in [-0.25, -0.2) is 4.79 Å². The lowest BCUT2D eigenvalue weighted by atomic mass is 10.1. The molecular weight excluding hydrogens is 350 g/mol. The van der Waals surface area contributed by atoms with Gasteiger partial charge in [0.1, 0.15) is 5.76 Å². The highest BCUT2D eigenvalue weighted by Crippen LogP contribution is 2.19. The average molecular weight is 369 g/mol. The second kappa shape index (κ2) is 7.45. The Labute approximate surface area is 155 Å². The van der Waals surface area contributed by atoms with Crippen LogP contribution in [0.25, 0.3) is 0 Å². The number of aromatic nitrogens is 3. The van der Waals surface area contributed by atoms with Crippen molar-refractivity contribution in [1.29, 1.82) is 0 Å². The normalized spacial score (nSPS) is 10.8. The van der Waals surface area contributed by atoms with Crippen LogP contribution in [0.3, 0.4) is 0 Å². The molecule has 1 N–H and O–H groups in total. The van der Waals surface area contributed by atoms with Crippen LogP contribution < -0.4 is 0 Å². The van der Waals surface area contributed by atoms with E-state index in [4.69, 9.17) is 9.15 Å². The van der Waals surface area contributed by atoms with E-state index in [0.717, 1.165) is 0 Å². The Morgan fingerprint density at radius 3 is 2.67 bits per heavy atom. The van der Waals surface area contributed by atoms with Gasteiger partial charge in [-0.1, -0.05) is 0 Å². The minimum absolute atomic E-state index is 0.00812. The Hall–Kier alpha value is -3.42. The number of carbonyl (C=O) groups is 3. The minimum Gasteiger partial charge on any atom is -0.452 e. The van der Waals surface area contributed by atoms with Crippen molar-refractivity contribution in [2.75, 3.05) is 6.61 Å². The van der Waals surface area contributed by atoms with E-state index < -0.39 is 18.4 Å². The van der Waals surface area contributed by atoms with Crippen LogP contribution in [0.1, 0.15) is 55.3 Å². The van der Waals surface area contributed by atoms with Gasteiger partial charge in [-0.3, -0.25) is 14.3 Å². The summed E-state index contributed by atoms with van der Waals surface area (Å²) in [6.45, 7) is 4.77. The zero-order chi connectivity index (χ0) is 19.6. The molecule has 3 aromatic heterocycles. The number of ether oxygens (including phenoxy) is 1. The first-order chi connectivity index (χ1) is 12.9. The van der Waals surface area contributed by atoms with Gasteiger partial charge in [0.2, 0.25) is 11.5 Å². The summed E-state index contributed by atoms with van der Waals surface area (Å²) in [6.07, 6.45) is 3.42. The SMILES string of the molecule is CC(=O)c1c(C)[nH]c(C(=O)COC(=O)c2ccc(Cn3cccn3)o2)c1C. The van der Waals surface area contributed by atoms with Crippen molar-refractivity contribution in [3.05, 3.63) is 64.6 Å². The van der Waals surface area contributed by atoms with Crippen LogP contribution >= 0.6 is 0 Å². The number of aryl methyl sites for hydroxylation is 1. The number of hydrogen-bond acceptors (Lipinski definition) is 6. The molecule has 0 aliphatic heterocycles. The summed E-state index contributed by atoms with van der Waals surface area (Å²) in [7, 11) is 0. The van der Waals surface area contributed by atoms with Crippen molar-refractivity contribution in [1.82, 2.24) is 14.8 Å². The number of nitrogens with zero attached hydrogens (tertiary/aromatic N) is 2. The lowest BCUT2D eigenvalue weighted by molar-refractivity contribution is 0.0440. The van der Waals surface area contributed by atoms with Crippen LogP contribution in [0.4, 0.5) is 0 Å². The highest BCUT2D eigenvalue weighted by atomic mass is 16.5. The first-order valence-corrected chi connectivity index (χ1v) is 8.33. The van der Waals surface area contributed by atoms with Crippen LogP contribution in [0.5, 0.6) is 0 Å². The molecule has 0 saturated carbocycles. The summed E-state index contributed by atoms with van der Waals surface area (Å²) in [5.41, 5.74) is 1.92. The van der Waals surface area contributed by atoms with Crippen molar-refractivity contribution in [2.45, 2.75) is 27.3 Å². The molecule has 140 valence electrons. The number of rotatable bonds is 7. The lowest BCUT2D eigenvalue weighted by Gasteiger charge is -2.03. The number of furan rings is 1. The number of hydrogen-bond donors (Lipinski definition) is 1. The van der Waals surface area contributed by atoms with E-state index in [1.807, 2.05) is 0 Å². The van der Waals surface area contributed by atoms with E-state index in [0.29, 0.717) is 29.1 Å². The standard InChI is InChI=1S/C19H19N3O5/c1-11-17(13(3)23)12(2)21-18(11)15(24)10-26-19(25)16-6-5-14(27-16)9-22-8-4-7-20-22/h4-8,21H,9-10H2,1-3H3. The number of carbonyl (C=O) groups excluding carboxylic acids is 3. The number of nitrogens with one attached hydrogen (secondary N) is 1. The summed E-state index contributed by atoms with van der Waals surface area (Å²) < 4.78 is 12.1. The molecule has 0 aromatic carbocycles. The molecule has 0 amide bonds. The van der Waals surface area contributed by atoms with Crippen molar-refractivity contribution in [2.24, 2.45) is 0 Å².